The van der Waals surface area contributed by atoms with E-state index in [0.29, 0.717) is 34.7 Å². The minimum Gasteiger partial charge on any atom is -0.376 e. The molecule has 0 aliphatic carbocycles. The van der Waals surface area contributed by atoms with Crippen molar-refractivity contribution in [1.82, 2.24) is 5.32 Å². The fourth-order valence-corrected chi connectivity index (χ4v) is 3.27. The maximum Gasteiger partial charge on any atom is 0.255 e. The fourth-order valence-electron chi connectivity index (χ4n) is 3.27. The van der Waals surface area contributed by atoms with Crippen LogP contribution in [-0.4, -0.2) is 30.8 Å². The Kier molecular flexibility index (Phi) is 8.80. The van der Waals surface area contributed by atoms with E-state index in [1.165, 1.54) is 0 Å². The molecule has 0 aromatic heterocycles. The molecule has 0 heterocycles. The van der Waals surface area contributed by atoms with Gasteiger partial charge in [0.1, 0.15) is 0 Å². The second-order valence-electron chi connectivity index (χ2n) is 7.99. The van der Waals surface area contributed by atoms with Crippen LogP contribution in [0, 0.1) is 6.92 Å². The molecular weight excluding hydrogens is 428 g/mol. The van der Waals surface area contributed by atoms with Crippen LogP contribution in [0.1, 0.15) is 46.0 Å². The van der Waals surface area contributed by atoms with Crippen molar-refractivity contribution in [2.75, 3.05) is 29.0 Å². The number of benzene rings is 3. The minimum atomic E-state index is -0.227. The summed E-state index contributed by atoms with van der Waals surface area (Å²) in [5.41, 5.74) is 4.09. The van der Waals surface area contributed by atoms with Crippen molar-refractivity contribution in [3.63, 3.8) is 0 Å². The normalized spacial score (nSPS) is 10.3. The van der Waals surface area contributed by atoms with E-state index in [2.05, 4.69) is 28.2 Å². The summed E-state index contributed by atoms with van der Waals surface area (Å²) in [5, 5.41) is 11.6. The van der Waals surface area contributed by atoms with E-state index in [1.807, 2.05) is 31.2 Å². The zero-order valence-corrected chi connectivity index (χ0v) is 19.5. The number of carbonyl (C=O) groups is 3. The largest absolute Gasteiger partial charge is 0.376 e. The lowest BCUT2D eigenvalue weighted by Crippen LogP contribution is -2.25. The fraction of sp³-hybridized carbons (Fsp3) is 0.222. The number of carbonyl (C=O) groups excluding carboxylic acids is 3. The van der Waals surface area contributed by atoms with Crippen molar-refractivity contribution in [3.05, 3.63) is 89.5 Å². The van der Waals surface area contributed by atoms with Crippen LogP contribution >= 0.6 is 0 Å². The molecule has 4 N–H and O–H groups in total. The minimum absolute atomic E-state index is 0.0484. The molecule has 3 aromatic rings. The molecule has 7 nitrogen and oxygen atoms in total. The second kappa shape index (κ2) is 12.2. The number of hydrogen-bond donors (Lipinski definition) is 4. The average Bonchev–Trinajstić information content (AvgIpc) is 2.84. The highest BCUT2D eigenvalue weighted by atomic mass is 16.2. The van der Waals surface area contributed by atoms with Crippen LogP contribution < -0.4 is 21.3 Å². The number of hydrogen-bond acceptors (Lipinski definition) is 4. The van der Waals surface area contributed by atoms with E-state index >= 15 is 0 Å². The first kappa shape index (κ1) is 24.5. The lowest BCUT2D eigenvalue weighted by atomic mass is 10.1. The van der Waals surface area contributed by atoms with E-state index in [1.54, 1.807) is 48.5 Å². The van der Waals surface area contributed by atoms with Crippen molar-refractivity contribution < 1.29 is 14.4 Å². The Morgan fingerprint density at radius 2 is 1.38 bits per heavy atom. The maximum absolute atomic E-state index is 12.4. The number of anilines is 3. The molecular formula is C27H30N4O3. The summed E-state index contributed by atoms with van der Waals surface area (Å²) >= 11 is 0. The molecule has 0 fully saturated rings. The number of rotatable bonds is 10. The summed E-state index contributed by atoms with van der Waals surface area (Å²) in [6.07, 6.45) is 1.95. The molecule has 0 spiro atoms. The molecule has 34 heavy (non-hydrogen) atoms. The van der Waals surface area contributed by atoms with Crippen LogP contribution in [0.4, 0.5) is 17.1 Å². The van der Waals surface area contributed by atoms with Crippen LogP contribution in [0.2, 0.25) is 0 Å². The molecule has 0 saturated heterocycles. The highest BCUT2D eigenvalue weighted by molar-refractivity contribution is 6.04. The Morgan fingerprint density at radius 1 is 0.735 bits per heavy atom. The smallest absolute Gasteiger partial charge is 0.255 e. The first-order valence-electron chi connectivity index (χ1n) is 11.3. The molecule has 0 bridgehead atoms. The third-order valence-corrected chi connectivity index (χ3v) is 5.10. The molecule has 3 rings (SSSR count). The van der Waals surface area contributed by atoms with Crippen LogP contribution in [0.25, 0.3) is 0 Å². The number of aryl methyl sites for hydroxylation is 1. The van der Waals surface area contributed by atoms with Gasteiger partial charge in [0.25, 0.3) is 11.8 Å². The summed E-state index contributed by atoms with van der Waals surface area (Å²) in [5.74, 6) is -0.545. The van der Waals surface area contributed by atoms with Gasteiger partial charge in [0.15, 0.2) is 0 Å². The number of unbranched alkanes of at least 4 members (excludes halogenated alkanes) is 1. The van der Waals surface area contributed by atoms with Gasteiger partial charge in [-0.2, -0.15) is 0 Å². The standard InChI is InChI=1S/C27H30N4O3/c1-3-4-15-28-26(33)21-9-6-10-24(17-21)29-18-25(32)30-22-11-13-23(14-12-22)31-27(34)20-8-5-7-19(2)16-20/h5-14,16-17,29H,3-4,15,18H2,1-2H3,(H,28,33)(H,30,32)(H,31,34). The Balaban J connectivity index is 1.48. The molecule has 0 atom stereocenters. The first-order chi connectivity index (χ1) is 16.4. The van der Waals surface area contributed by atoms with Crippen LogP contribution in [0.5, 0.6) is 0 Å². The van der Waals surface area contributed by atoms with Crippen molar-refractivity contribution >= 4 is 34.8 Å². The van der Waals surface area contributed by atoms with Gasteiger partial charge < -0.3 is 21.3 Å². The predicted octanol–water partition coefficient (Wildman–Crippen LogP) is 4.83. The molecule has 3 amide bonds. The van der Waals surface area contributed by atoms with Gasteiger partial charge >= 0.3 is 0 Å². The Bertz CT molecular complexity index is 1140. The summed E-state index contributed by atoms with van der Waals surface area (Å²) < 4.78 is 0. The Labute approximate surface area is 200 Å². The lowest BCUT2D eigenvalue weighted by molar-refractivity contribution is -0.114. The summed E-state index contributed by atoms with van der Waals surface area (Å²) in [7, 11) is 0. The third kappa shape index (κ3) is 7.48. The van der Waals surface area contributed by atoms with Gasteiger partial charge in [0.05, 0.1) is 6.54 Å². The van der Waals surface area contributed by atoms with Crippen molar-refractivity contribution in [3.8, 4) is 0 Å². The Hall–Kier alpha value is -4.13. The van der Waals surface area contributed by atoms with Crippen LogP contribution in [0.15, 0.2) is 72.8 Å². The van der Waals surface area contributed by atoms with Gasteiger partial charge in [-0.1, -0.05) is 37.1 Å². The quantitative estimate of drug-likeness (QED) is 0.327. The Morgan fingerprint density at radius 3 is 2.06 bits per heavy atom. The number of amides is 3. The zero-order valence-electron chi connectivity index (χ0n) is 19.5. The van der Waals surface area contributed by atoms with Gasteiger partial charge in [0.2, 0.25) is 5.91 Å². The highest BCUT2D eigenvalue weighted by Crippen LogP contribution is 2.16. The summed E-state index contributed by atoms with van der Waals surface area (Å²) in [6, 6.07) is 21.3. The van der Waals surface area contributed by atoms with Crippen molar-refractivity contribution in [2.45, 2.75) is 26.7 Å². The average molecular weight is 459 g/mol. The SMILES string of the molecule is CCCCNC(=O)c1cccc(NCC(=O)Nc2ccc(NC(=O)c3cccc(C)c3)cc2)c1. The zero-order chi connectivity index (χ0) is 24.3. The summed E-state index contributed by atoms with van der Waals surface area (Å²) in [4.78, 5) is 36.9. The van der Waals surface area contributed by atoms with E-state index in [4.69, 9.17) is 0 Å². The number of nitrogens with one attached hydrogen (secondary N) is 4. The van der Waals surface area contributed by atoms with E-state index in [-0.39, 0.29) is 24.3 Å². The monoisotopic (exact) mass is 458 g/mol. The highest BCUT2D eigenvalue weighted by Gasteiger charge is 2.08. The topological polar surface area (TPSA) is 99.3 Å². The molecule has 0 radical (unpaired) electrons. The van der Waals surface area contributed by atoms with Gasteiger partial charge in [0, 0.05) is 34.7 Å². The van der Waals surface area contributed by atoms with E-state index in [0.717, 1.165) is 18.4 Å². The molecule has 7 heteroatoms. The van der Waals surface area contributed by atoms with Crippen molar-refractivity contribution in [2.24, 2.45) is 0 Å². The van der Waals surface area contributed by atoms with Crippen molar-refractivity contribution in [1.29, 1.82) is 0 Å². The molecule has 0 aliphatic rings. The van der Waals surface area contributed by atoms with Gasteiger partial charge in [-0.05, 0) is 67.9 Å². The molecule has 0 aliphatic heterocycles. The predicted molar refractivity (Wildman–Crippen MR) is 136 cm³/mol. The molecule has 176 valence electrons. The molecule has 3 aromatic carbocycles. The lowest BCUT2D eigenvalue weighted by Gasteiger charge is -2.10. The van der Waals surface area contributed by atoms with Crippen LogP contribution in [0.3, 0.4) is 0 Å². The van der Waals surface area contributed by atoms with Gasteiger partial charge in [-0.25, -0.2) is 0 Å². The van der Waals surface area contributed by atoms with Crippen LogP contribution in [-0.2, 0) is 4.79 Å². The molecule has 0 saturated carbocycles. The maximum atomic E-state index is 12.4. The van der Waals surface area contributed by atoms with E-state index in [9.17, 15) is 14.4 Å². The second-order valence-corrected chi connectivity index (χ2v) is 7.99. The van der Waals surface area contributed by atoms with Gasteiger partial charge in [-0.15, -0.1) is 0 Å². The van der Waals surface area contributed by atoms with E-state index < -0.39 is 0 Å². The molecule has 0 unspecified atom stereocenters. The van der Waals surface area contributed by atoms with Gasteiger partial charge in [-0.3, -0.25) is 14.4 Å². The third-order valence-electron chi connectivity index (χ3n) is 5.10. The summed E-state index contributed by atoms with van der Waals surface area (Å²) in [6.45, 7) is 4.70. The first-order valence-corrected chi connectivity index (χ1v) is 11.3.